The molecule has 2 N–H and O–H groups in total. The zero-order valence-corrected chi connectivity index (χ0v) is 17.2. The summed E-state index contributed by atoms with van der Waals surface area (Å²) >= 11 is 4.10. The highest BCUT2D eigenvalue weighted by Gasteiger charge is 2.34. The normalized spacial score (nSPS) is 18.9. The average molecular weight is 419 g/mol. The third kappa shape index (κ3) is 5.46. The number of rotatable bonds is 8. The maximum atomic E-state index is 13.7. The van der Waals surface area contributed by atoms with Crippen LogP contribution in [0.2, 0.25) is 0 Å². The number of halogens is 3. The summed E-state index contributed by atoms with van der Waals surface area (Å²) in [5.74, 6) is -1.39. The maximum Gasteiger partial charge on any atom is 0.126 e. The van der Waals surface area contributed by atoms with Gasteiger partial charge in [0.25, 0.3) is 0 Å². The molecule has 0 heterocycles. The number of hydrogen-bond donors (Lipinski definition) is 3. The van der Waals surface area contributed by atoms with Gasteiger partial charge in [-0.1, -0.05) is 31.4 Å². The van der Waals surface area contributed by atoms with Crippen molar-refractivity contribution >= 4 is 18.5 Å². The Morgan fingerprint density at radius 3 is 2.31 bits per heavy atom. The average Bonchev–Trinajstić information content (AvgIpc) is 2.69. The predicted octanol–water partition coefficient (Wildman–Crippen LogP) is 6.19. The summed E-state index contributed by atoms with van der Waals surface area (Å²) in [6, 6.07) is 9.92. The summed E-state index contributed by atoms with van der Waals surface area (Å²) in [5, 5.41) is 3.32. The van der Waals surface area contributed by atoms with Crippen LogP contribution in [0, 0.1) is 22.9 Å². The van der Waals surface area contributed by atoms with Gasteiger partial charge in [0.15, 0.2) is 0 Å². The van der Waals surface area contributed by atoms with Crippen LogP contribution in [-0.4, -0.2) is 6.54 Å². The molecule has 29 heavy (non-hydrogen) atoms. The molecule has 3 rings (SSSR count). The van der Waals surface area contributed by atoms with E-state index in [0.717, 1.165) is 36.7 Å². The topological polar surface area (TPSA) is 24.1 Å². The van der Waals surface area contributed by atoms with Crippen LogP contribution in [0.15, 0.2) is 65.9 Å². The third-order valence-corrected chi connectivity index (χ3v) is 5.73. The Labute approximate surface area is 175 Å². The van der Waals surface area contributed by atoms with Gasteiger partial charge in [-0.05, 0) is 79.1 Å². The zero-order chi connectivity index (χ0) is 20.9. The number of hydrogen-bond acceptors (Lipinski definition) is 3. The van der Waals surface area contributed by atoms with Gasteiger partial charge >= 0.3 is 0 Å². The van der Waals surface area contributed by atoms with E-state index in [9.17, 15) is 13.2 Å². The maximum absolute atomic E-state index is 13.7. The minimum Gasteiger partial charge on any atom is -0.356 e. The van der Waals surface area contributed by atoms with Crippen LogP contribution in [-0.2, 0) is 6.42 Å². The van der Waals surface area contributed by atoms with Gasteiger partial charge in [-0.15, -0.1) is 0 Å². The summed E-state index contributed by atoms with van der Waals surface area (Å²) < 4.78 is 43.5. The molecule has 2 nitrogen and oxygen atoms in total. The van der Waals surface area contributed by atoms with E-state index >= 15 is 0 Å². The Hall–Kier alpha value is -2.18. The molecule has 0 saturated carbocycles. The molecule has 1 aliphatic carbocycles. The molecule has 1 unspecified atom stereocenters. The molecule has 1 aliphatic rings. The quantitative estimate of drug-likeness (QED) is 0.445. The van der Waals surface area contributed by atoms with Crippen LogP contribution in [0.3, 0.4) is 0 Å². The first kappa shape index (κ1) is 21.5. The Morgan fingerprint density at radius 2 is 1.69 bits per heavy atom. The fourth-order valence-electron chi connectivity index (χ4n) is 3.94. The SMILES string of the molecule is CCC1(Cc2cc(F)cc(F)c2)CC=C(Nc2ccc(F)cc2)C=C1CCNS. The zero-order valence-electron chi connectivity index (χ0n) is 16.3. The Bertz CT molecular complexity index is 889. The van der Waals surface area contributed by atoms with Crippen LogP contribution in [0.4, 0.5) is 18.9 Å². The smallest absolute Gasteiger partial charge is 0.126 e. The Balaban J connectivity index is 1.87. The monoisotopic (exact) mass is 418 g/mol. The largest absolute Gasteiger partial charge is 0.356 e. The lowest BCUT2D eigenvalue weighted by Gasteiger charge is -2.38. The van der Waals surface area contributed by atoms with E-state index in [-0.39, 0.29) is 11.2 Å². The number of nitrogens with one attached hydrogen (secondary N) is 2. The van der Waals surface area contributed by atoms with Crippen molar-refractivity contribution in [3.63, 3.8) is 0 Å². The van der Waals surface area contributed by atoms with E-state index in [0.29, 0.717) is 18.5 Å². The van der Waals surface area contributed by atoms with E-state index in [2.05, 4.69) is 41.9 Å². The molecule has 0 aliphatic heterocycles. The van der Waals surface area contributed by atoms with Gasteiger partial charge in [-0.2, -0.15) is 0 Å². The summed E-state index contributed by atoms with van der Waals surface area (Å²) in [5.41, 5.74) is 3.35. The van der Waals surface area contributed by atoms with E-state index in [4.69, 9.17) is 0 Å². The molecule has 0 spiro atoms. The standard InChI is InChI=1S/C23H25F3N2S/c1-2-23(15-16-11-19(25)14-20(26)12-16)9-7-22(13-17(23)8-10-27-29)28-21-5-3-18(24)4-6-21/h3-7,11-14,27-29H,2,8-10,15H2,1H3. The lowest BCUT2D eigenvalue weighted by molar-refractivity contribution is 0.325. The van der Waals surface area contributed by atoms with E-state index < -0.39 is 11.6 Å². The van der Waals surface area contributed by atoms with Gasteiger partial charge in [0.2, 0.25) is 0 Å². The second-order valence-corrected chi connectivity index (χ2v) is 7.73. The second kappa shape index (κ2) is 9.55. The molecule has 0 amide bonds. The minimum absolute atomic E-state index is 0.223. The van der Waals surface area contributed by atoms with Crippen molar-refractivity contribution in [1.29, 1.82) is 0 Å². The fraction of sp³-hybridized carbons (Fsp3) is 0.304. The number of thiol groups is 1. The predicted molar refractivity (Wildman–Crippen MR) is 115 cm³/mol. The van der Waals surface area contributed by atoms with Crippen LogP contribution < -0.4 is 10.0 Å². The van der Waals surface area contributed by atoms with Gasteiger partial charge in [0.05, 0.1) is 0 Å². The molecule has 0 radical (unpaired) electrons. The fourth-order valence-corrected chi connectivity index (χ4v) is 4.05. The lowest BCUT2D eigenvalue weighted by atomic mass is 9.67. The summed E-state index contributed by atoms with van der Waals surface area (Å²) in [6.45, 7) is 2.78. The van der Waals surface area contributed by atoms with Crippen LogP contribution in [0.5, 0.6) is 0 Å². The van der Waals surface area contributed by atoms with E-state index in [1.807, 2.05) is 0 Å². The first-order valence-electron chi connectivity index (χ1n) is 9.70. The highest BCUT2D eigenvalue weighted by Crippen LogP contribution is 2.44. The van der Waals surface area contributed by atoms with Crippen molar-refractivity contribution in [1.82, 2.24) is 4.72 Å². The van der Waals surface area contributed by atoms with Crippen molar-refractivity contribution < 1.29 is 13.2 Å². The summed E-state index contributed by atoms with van der Waals surface area (Å²) in [4.78, 5) is 0. The van der Waals surface area contributed by atoms with Crippen LogP contribution in [0.1, 0.15) is 31.7 Å². The lowest BCUT2D eigenvalue weighted by Crippen LogP contribution is -2.29. The Kier molecular flexibility index (Phi) is 7.09. The van der Waals surface area contributed by atoms with Crippen LogP contribution >= 0.6 is 12.8 Å². The number of allylic oxidation sites excluding steroid dienone is 2. The molecule has 0 fully saturated rings. The Morgan fingerprint density at radius 1 is 1.00 bits per heavy atom. The van der Waals surface area contributed by atoms with Gasteiger partial charge in [0.1, 0.15) is 17.5 Å². The van der Waals surface area contributed by atoms with Gasteiger partial charge in [-0.25, -0.2) is 13.2 Å². The van der Waals surface area contributed by atoms with Gasteiger partial charge < -0.3 is 5.32 Å². The van der Waals surface area contributed by atoms with Crippen molar-refractivity contribution in [3.05, 3.63) is 88.9 Å². The molecule has 2 aromatic carbocycles. The second-order valence-electron chi connectivity index (χ2n) is 7.41. The number of anilines is 1. The molecule has 1 atom stereocenters. The molecule has 0 saturated heterocycles. The first-order chi connectivity index (χ1) is 13.9. The first-order valence-corrected chi connectivity index (χ1v) is 10.1. The van der Waals surface area contributed by atoms with Crippen LogP contribution in [0.25, 0.3) is 0 Å². The third-order valence-electron chi connectivity index (χ3n) is 5.50. The summed E-state index contributed by atoms with van der Waals surface area (Å²) in [6.07, 6.45) is 7.08. The molecule has 154 valence electrons. The molecule has 6 heteroatoms. The van der Waals surface area contributed by atoms with Crippen molar-refractivity contribution in [3.8, 4) is 0 Å². The molecular formula is C23H25F3N2S. The molecule has 2 aromatic rings. The highest BCUT2D eigenvalue weighted by atomic mass is 32.1. The number of benzene rings is 2. The van der Waals surface area contributed by atoms with Crippen molar-refractivity contribution in [2.45, 2.75) is 32.6 Å². The summed E-state index contributed by atoms with van der Waals surface area (Å²) in [7, 11) is 0. The minimum atomic E-state index is -0.557. The molecule has 0 aromatic heterocycles. The molecular weight excluding hydrogens is 393 g/mol. The van der Waals surface area contributed by atoms with Gasteiger partial charge in [-0.3, -0.25) is 4.72 Å². The van der Waals surface area contributed by atoms with E-state index in [1.165, 1.54) is 29.8 Å². The highest BCUT2D eigenvalue weighted by molar-refractivity contribution is 7.78. The van der Waals surface area contributed by atoms with Crippen molar-refractivity contribution in [2.24, 2.45) is 5.41 Å². The van der Waals surface area contributed by atoms with Gasteiger partial charge in [0, 0.05) is 24.0 Å². The van der Waals surface area contributed by atoms with E-state index in [1.54, 1.807) is 12.1 Å². The van der Waals surface area contributed by atoms with Crippen molar-refractivity contribution in [2.75, 3.05) is 11.9 Å². The molecule has 0 bridgehead atoms.